The number of hydrogen-bond acceptors (Lipinski definition) is 0. The third-order valence-electron chi connectivity index (χ3n) is 10.5. The molecule has 3 aromatic rings. The van der Waals surface area contributed by atoms with Gasteiger partial charge in [-0.2, -0.15) is 0 Å². The number of rotatable bonds is 2. The summed E-state index contributed by atoms with van der Waals surface area (Å²) < 4.78 is 0. The molecular formula is C55H98. The lowest BCUT2D eigenvalue weighted by Crippen LogP contribution is -2.03. The van der Waals surface area contributed by atoms with E-state index >= 15 is 0 Å². The first kappa shape index (κ1) is 57.0. The molecule has 4 aliphatic rings. The number of benzene rings is 3. The SMILES string of the molecule is CC.CC.CC.CC.CC.CC1CCCCC1.CC1CCCCC1.Cc1ccccc1.c1ccc(C2CCCCC2)cc1.c1ccc(C2CCCCC2)cc1. The third-order valence-corrected chi connectivity index (χ3v) is 10.5. The number of hydrogen-bond donors (Lipinski definition) is 0. The van der Waals surface area contributed by atoms with Crippen LogP contribution in [-0.4, -0.2) is 0 Å². The van der Waals surface area contributed by atoms with Crippen molar-refractivity contribution < 1.29 is 0 Å². The Morgan fingerprint density at radius 2 is 0.509 bits per heavy atom. The molecule has 7 rings (SSSR count). The summed E-state index contributed by atoms with van der Waals surface area (Å²) in [6.07, 6.45) is 29.1. The minimum atomic E-state index is 0.861. The summed E-state index contributed by atoms with van der Waals surface area (Å²) in [4.78, 5) is 0. The molecule has 0 spiro atoms. The van der Waals surface area contributed by atoms with Crippen molar-refractivity contribution in [2.45, 2.75) is 230 Å². The highest BCUT2D eigenvalue weighted by Crippen LogP contribution is 2.33. The molecule has 4 aliphatic carbocycles. The fraction of sp³-hybridized carbons (Fsp3) is 0.673. The summed E-state index contributed by atoms with van der Waals surface area (Å²) in [6, 6.07) is 32.2. The van der Waals surface area contributed by atoms with E-state index in [1.165, 1.54) is 134 Å². The molecule has 0 amide bonds. The van der Waals surface area contributed by atoms with E-state index in [1.54, 1.807) is 11.1 Å². The van der Waals surface area contributed by atoms with Gasteiger partial charge in [0.1, 0.15) is 0 Å². The van der Waals surface area contributed by atoms with Gasteiger partial charge in [-0.1, -0.05) is 282 Å². The molecule has 0 heteroatoms. The molecule has 3 aromatic carbocycles. The fourth-order valence-corrected chi connectivity index (χ4v) is 7.47. The highest BCUT2D eigenvalue weighted by Gasteiger charge is 2.15. The largest absolute Gasteiger partial charge is 0.0683 e. The lowest BCUT2D eigenvalue weighted by Gasteiger charge is -2.21. The van der Waals surface area contributed by atoms with E-state index < -0.39 is 0 Å². The second-order valence-corrected chi connectivity index (χ2v) is 14.6. The van der Waals surface area contributed by atoms with Gasteiger partial charge in [0, 0.05) is 0 Å². The van der Waals surface area contributed by atoms with Crippen molar-refractivity contribution in [3.8, 4) is 0 Å². The highest BCUT2D eigenvalue weighted by atomic mass is 14.2. The Kier molecular flexibility index (Phi) is 47.7. The van der Waals surface area contributed by atoms with Crippen molar-refractivity contribution in [3.05, 3.63) is 108 Å². The van der Waals surface area contributed by atoms with Crippen LogP contribution in [0, 0.1) is 18.8 Å². The predicted octanol–water partition coefficient (Wildman–Crippen LogP) is 19.8. The van der Waals surface area contributed by atoms with Crippen molar-refractivity contribution in [1.82, 2.24) is 0 Å². The molecule has 0 N–H and O–H groups in total. The molecule has 0 nitrogen and oxygen atoms in total. The molecule has 0 atom stereocenters. The van der Waals surface area contributed by atoms with Crippen LogP contribution in [-0.2, 0) is 0 Å². The summed E-state index contributed by atoms with van der Waals surface area (Å²) in [7, 11) is 0. The first-order chi connectivity index (χ1) is 27.1. The molecule has 4 saturated carbocycles. The van der Waals surface area contributed by atoms with Crippen LogP contribution in [0.5, 0.6) is 0 Å². The molecule has 0 heterocycles. The van der Waals surface area contributed by atoms with Crippen LogP contribution in [0.1, 0.15) is 240 Å². The summed E-state index contributed by atoms with van der Waals surface area (Å²) in [5.41, 5.74) is 4.43. The Balaban J connectivity index is -0.000000591. The maximum atomic E-state index is 2.36. The van der Waals surface area contributed by atoms with Gasteiger partial charge >= 0.3 is 0 Å². The number of aryl methyl sites for hydroxylation is 1. The molecule has 55 heavy (non-hydrogen) atoms. The van der Waals surface area contributed by atoms with Crippen LogP contribution in [0.3, 0.4) is 0 Å². The monoisotopic (exact) mass is 759 g/mol. The molecular weight excluding hydrogens is 661 g/mol. The van der Waals surface area contributed by atoms with E-state index in [4.69, 9.17) is 0 Å². The average Bonchev–Trinajstić information content (AvgIpc) is 3.30. The smallest absolute Gasteiger partial charge is 0.0162 e. The van der Waals surface area contributed by atoms with Gasteiger partial charge in [-0.05, 0) is 67.4 Å². The maximum Gasteiger partial charge on any atom is -0.0162 e. The van der Waals surface area contributed by atoms with Gasteiger partial charge in [-0.3, -0.25) is 0 Å². The highest BCUT2D eigenvalue weighted by molar-refractivity contribution is 5.20. The molecule has 0 saturated heterocycles. The molecule has 0 radical (unpaired) electrons. The zero-order valence-electron chi connectivity index (χ0n) is 39.6. The lowest BCUT2D eigenvalue weighted by atomic mass is 9.84. The Bertz CT molecular complexity index is 961. The Labute approximate surface area is 348 Å². The third kappa shape index (κ3) is 33.5. The van der Waals surface area contributed by atoms with Crippen LogP contribution >= 0.6 is 0 Å². The van der Waals surface area contributed by atoms with Gasteiger partial charge in [0.2, 0.25) is 0 Å². The van der Waals surface area contributed by atoms with Crippen molar-refractivity contribution in [2.24, 2.45) is 11.8 Å². The van der Waals surface area contributed by atoms with Crippen molar-refractivity contribution in [1.29, 1.82) is 0 Å². The second kappa shape index (κ2) is 46.0. The molecule has 0 aliphatic heterocycles. The van der Waals surface area contributed by atoms with E-state index in [0.29, 0.717) is 0 Å². The minimum Gasteiger partial charge on any atom is -0.0683 e. The second-order valence-electron chi connectivity index (χ2n) is 14.6. The minimum absolute atomic E-state index is 0.861. The van der Waals surface area contributed by atoms with Crippen molar-refractivity contribution >= 4 is 0 Å². The molecule has 0 bridgehead atoms. The lowest BCUT2D eigenvalue weighted by molar-refractivity contribution is 0.385. The summed E-state index contributed by atoms with van der Waals surface area (Å²) in [5, 5.41) is 0. The standard InChI is InChI=1S/2C12H16.2C7H14.C7H8.5C2H6/c2*1-3-7-11(8-4-1)12-9-5-2-6-10-12;3*1-7-5-3-2-4-6-7;5*1-2/h2*1,3-4,7-8,12H,2,5-6,9-10H2;2*7H,2-6H2,1H3;2-6H,1H3;5*1-2H3. The van der Waals surface area contributed by atoms with Crippen LogP contribution in [0.2, 0.25) is 0 Å². The van der Waals surface area contributed by atoms with Crippen LogP contribution in [0.25, 0.3) is 0 Å². The van der Waals surface area contributed by atoms with E-state index in [0.717, 1.165) is 23.7 Å². The van der Waals surface area contributed by atoms with Crippen molar-refractivity contribution in [2.75, 3.05) is 0 Å². The van der Waals surface area contributed by atoms with Gasteiger partial charge in [-0.15, -0.1) is 0 Å². The maximum absolute atomic E-state index is 2.36. The Morgan fingerprint density at radius 3 is 0.691 bits per heavy atom. The van der Waals surface area contributed by atoms with Crippen LogP contribution < -0.4 is 0 Å². The average molecular weight is 759 g/mol. The summed E-state index contributed by atoms with van der Waals surface area (Å²) in [6.45, 7) is 26.8. The topological polar surface area (TPSA) is 0 Å². The zero-order chi connectivity index (χ0) is 41.8. The van der Waals surface area contributed by atoms with Gasteiger partial charge < -0.3 is 0 Å². The first-order valence-corrected chi connectivity index (χ1v) is 24.2. The van der Waals surface area contributed by atoms with E-state index in [-0.39, 0.29) is 0 Å². The quantitative estimate of drug-likeness (QED) is 0.244. The van der Waals surface area contributed by atoms with Gasteiger partial charge in [0.25, 0.3) is 0 Å². The zero-order valence-corrected chi connectivity index (χ0v) is 39.6. The molecule has 318 valence electrons. The van der Waals surface area contributed by atoms with Crippen LogP contribution in [0.4, 0.5) is 0 Å². The molecule has 0 unspecified atom stereocenters. The summed E-state index contributed by atoms with van der Waals surface area (Å²) in [5.74, 6) is 3.79. The Hall–Kier alpha value is -2.34. The van der Waals surface area contributed by atoms with Crippen molar-refractivity contribution in [3.63, 3.8) is 0 Å². The molecule has 4 fully saturated rings. The fourth-order valence-electron chi connectivity index (χ4n) is 7.47. The van der Waals surface area contributed by atoms with Gasteiger partial charge in [0.15, 0.2) is 0 Å². The summed E-state index contributed by atoms with van der Waals surface area (Å²) >= 11 is 0. The van der Waals surface area contributed by atoms with E-state index in [1.807, 2.05) is 87.4 Å². The Morgan fingerprint density at radius 1 is 0.291 bits per heavy atom. The first-order valence-electron chi connectivity index (χ1n) is 24.2. The normalized spacial score (nSPS) is 16.5. The molecule has 0 aromatic heterocycles. The van der Waals surface area contributed by atoms with Crippen LogP contribution in [0.15, 0.2) is 91.0 Å². The van der Waals surface area contributed by atoms with E-state index in [9.17, 15) is 0 Å². The predicted molar refractivity (Wildman–Crippen MR) is 257 cm³/mol. The van der Waals surface area contributed by atoms with Gasteiger partial charge in [0.05, 0.1) is 0 Å². The van der Waals surface area contributed by atoms with Gasteiger partial charge in [-0.25, -0.2) is 0 Å². The van der Waals surface area contributed by atoms with E-state index in [2.05, 4.69) is 93.6 Å².